The van der Waals surface area contributed by atoms with Gasteiger partial charge in [-0.3, -0.25) is 4.79 Å². The van der Waals surface area contributed by atoms with Crippen molar-refractivity contribution >= 4 is 16.9 Å². The summed E-state index contributed by atoms with van der Waals surface area (Å²) in [6.45, 7) is 1.37. The van der Waals surface area contributed by atoms with Crippen LogP contribution in [0.1, 0.15) is 49.2 Å². The Labute approximate surface area is 184 Å². The van der Waals surface area contributed by atoms with E-state index < -0.39 is 17.4 Å². The first kappa shape index (κ1) is 22.1. The Hall–Kier alpha value is -2.12. The third-order valence-corrected chi connectivity index (χ3v) is 6.96. The standard InChI is InChI=1S/C24H28F2N2O2S/c1-31(30)27-18-8-5-12-28(13-11-18)24(29)22-15-21(22)19-10-9-17(23(25)26)14-20(19)16-6-3-2-4-7-16/h2-4,6-7,9-10,14,18,21-23,27H,5,8,11-13,15H2,1H3. The second-order valence-electron chi connectivity index (χ2n) is 8.49. The average molecular weight is 447 g/mol. The fourth-order valence-electron chi connectivity index (χ4n) is 4.62. The van der Waals surface area contributed by atoms with Crippen LogP contribution in [0.4, 0.5) is 8.78 Å². The average Bonchev–Trinajstić information content (AvgIpc) is 3.57. The molecular weight excluding hydrogens is 418 g/mol. The van der Waals surface area contributed by atoms with E-state index >= 15 is 0 Å². The molecule has 4 rings (SSSR count). The molecule has 2 fully saturated rings. The molecule has 0 bridgehead atoms. The van der Waals surface area contributed by atoms with Crippen molar-refractivity contribution in [1.29, 1.82) is 0 Å². The Morgan fingerprint density at radius 3 is 2.61 bits per heavy atom. The number of carbonyl (C=O) groups excluding carboxylic acids is 1. The highest BCUT2D eigenvalue weighted by Gasteiger charge is 2.46. The minimum atomic E-state index is -2.52. The molecule has 0 radical (unpaired) electrons. The Kier molecular flexibility index (Phi) is 6.82. The number of hydrogen-bond acceptors (Lipinski definition) is 2. The van der Waals surface area contributed by atoms with Gasteiger partial charge in [-0.1, -0.05) is 42.5 Å². The van der Waals surface area contributed by atoms with Crippen LogP contribution in [0.15, 0.2) is 48.5 Å². The smallest absolute Gasteiger partial charge is 0.263 e. The van der Waals surface area contributed by atoms with Gasteiger partial charge in [0.05, 0.1) is 11.0 Å². The first-order valence-electron chi connectivity index (χ1n) is 10.8. The van der Waals surface area contributed by atoms with E-state index in [1.54, 1.807) is 18.4 Å². The molecule has 166 valence electrons. The molecule has 2 aromatic rings. The number of amides is 1. The summed E-state index contributed by atoms with van der Waals surface area (Å²) in [7, 11) is -1.05. The summed E-state index contributed by atoms with van der Waals surface area (Å²) in [5, 5.41) is 0. The number of halogens is 2. The lowest BCUT2D eigenvalue weighted by Gasteiger charge is -2.21. The van der Waals surface area contributed by atoms with E-state index in [9.17, 15) is 17.8 Å². The Bertz CT molecular complexity index is 954. The summed E-state index contributed by atoms with van der Waals surface area (Å²) in [5.41, 5.74) is 2.67. The van der Waals surface area contributed by atoms with Gasteiger partial charge in [0.25, 0.3) is 6.43 Å². The maximum absolute atomic E-state index is 13.3. The lowest BCUT2D eigenvalue weighted by atomic mass is 9.93. The zero-order chi connectivity index (χ0) is 22.0. The zero-order valence-corrected chi connectivity index (χ0v) is 18.4. The first-order chi connectivity index (χ1) is 14.9. The molecule has 1 aliphatic heterocycles. The normalized spacial score (nSPS) is 24.6. The van der Waals surface area contributed by atoms with Gasteiger partial charge in [-0.2, -0.15) is 0 Å². The summed E-state index contributed by atoms with van der Waals surface area (Å²) < 4.78 is 41.2. The quantitative estimate of drug-likeness (QED) is 0.702. The number of hydrogen-bond donors (Lipinski definition) is 1. The summed E-state index contributed by atoms with van der Waals surface area (Å²) in [4.78, 5) is 15.1. The van der Waals surface area contributed by atoms with Crippen LogP contribution in [0.5, 0.6) is 0 Å². The maximum atomic E-state index is 13.3. The van der Waals surface area contributed by atoms with E-state index in [-0.39, 0.29) is 29.3 Å². The first-order valence-corrected chi connectivity index (χ1v) is 12.4. The lowest BCUT2D eigenvalue weighted by molar-refractivity contribution is -0.132. The molecule has 4 unspecified atom stereocenters. The lowest BCUT2D eigenvalue weighted by Crippen LogP contribution is -2.35. The van der Waals surface area contributed by atoms with E-state index in [2.05, 4.69) is 4.72 Å². The van der Waals surface area contributed by atoms with Crippen LogP contribution in [0, 0.1) is 5.92 Å². The van der Waals surface area contributed by atoms with Crippen LogP contribution in [-0.4, -0.2) is 40.4 Å². The highest BCUT2D eigenvalue weighted by molar-refractivity contribution is 7.82. The summed E-state index contributed by atoms with van der Waals surface area (Å²) >= 11 is 0. The molecule has 2 aliphatic rings. The van der Waals surface area contributed by atoms with E-state index in [1.165, 1.54) is 6.07 Å². The van der Waals surface area contributed by atoms with Crippen LogP contribution in [0.3, 0.4) is 0 Å². The van der Waals surface area contributed by atoms with Crippen LogP contribution < -0.4 is 4.72 Å². The minimum Gasteiger partial charge on any atom is -0.342 e. The monoisotopic (exact) mass is 446 g/mol. The highest BCUT2D eigenvalue weighted by Crippen LogP contribution is 2.51. The molecule has 1 saturated heterocycles. The van der Waals surface area contributed by atoms with Crippen molar-refractivity contribution in [2.45, 2.75) is 44.1 Å². The molecular formula is C24H28F2N2O2S. The molecule has 1 heterocycles. The van der Waals surface area contributed by atoms with Gasteiger partial charge in [0, 0.05) is 36.9 Å². The molecule has 1 amide bonds. The highest BCUT2D eigenvalue weighted by atomic mass is 32.2. The molecule has 1 saturated carbocycles. The van der Waals surface area contributed by atoms with Gasteiger partial charge in [0.1, 0.15) is 0 Å². The fraction of sp³-hybridized carbons (Fsp3) is 0.458. The summed E-state index contributed by atoms with van der Waals surface area (Å²) in [6.07, 6.45) is 2.45. The number of carbonyl (C=O) groups is 1. The molecule has 0 aromatic heterocycles. The van der Waals surface area contributed by atoms with Crippen molar-refractivity contribution in [2.24, 2.45) is 5.92 Å². The third kappa shape index (κ3) is 5.21. The van der Waals surface area contributed by atoms with Gasteiger partial charge in [-0.05, 0) is 54.4 Å². The molecule has 7 heteroatoms. The number of alkyl halides is 2. The molecule has 1 N–H and O–H groups in total. The number of nitrogens with zero attached hydrogens (tertiary/aromatic N) is 1. The topological polar surface area (TPSA) is 49.4 Å². The van der Waals surface area contributed by atoms with Gasteiger partial charge in [-0.25, -0.2) is 17.7 Å². The number of rotatable bonds is 6. The summed E-state index contributed by atoms with van der Waals surface area (Å²) in [6, 6.07) is 14.6. The second kappa shape index (κ2) is 9.57. The SMILES string of the molecule is CS(=O)NC1CCCN(C(=O)C2CC2c2ccc(C(F)F)cc2-c2ccccc2)CC1. The van der Waals surface area contributed by atoms with Crippen molar-refractivity contribution in [2.75, 3.05) is 19.3 Å². The van der Waals surface area contributed by atoms with E-state index in [0.29, 0.717) is 13.1 Å². The maximum Gasteiger partial charge on any atom is 0.263 e. The molecule has 4 nitrogen and oxygen atoms in total. The van der Waals surface area contributed by atoms with Gasteiger partial charge in [-0.15, -0.1) is 0 Å². The number of benzene rings is 2. The van der Waals surface area contributed by atoms with Crippen molar-refractivity contribution < 1.29 is 17.8 Å². The zero-order valence-electron chi connectivity index (χ0n) is 17.6. The van der Waals surface area contributed by atoms with Crippen LogP contribution in [0.25, 0.3) is 11.1 Å². The Balaban J connectivity index is 1.50. The molecule has 0 spiro atoms. The molecule has 31 heavy (non-hydrogen) atoms. The predicted octanol–water partition coefficient (Wildman–Crippen LogP) is 4.66. The largest absolute Gasteiger partial charge is 0.342 e. The van der Waals surface area contributed by atoms with Crippen LogP contribution in [-0.2, 0) is 15.8 Å². The Morgan fingerprint density at radius 1 is 1.13 bits per heavy atom. The predicted molar refractivity (Wildman–Crippen MR) is 119 cm³/mol. The van der Waals surface area contributed by atoms with E-state index in [0.717, 1.165) is 42.4 Å². The van der Waals surface area contributed by atoms with Crippen molar-refractivity contribution in [3.05, 3.63) is 59.7 Å². The number of likely N-dealkylation sites (tertiary alicyclic amines) is 1. The van der Waals surface area contributed by atoms with Crippen molar-refractivity contribution in [3.63, 3.8) is 0 Å². The Morgan fingerprint density at radius 2 is 1.90 bits per heavy atom. The van der Waals surface area contributed by atoms with Gasteiger partial charge in [0.15, 0.2) is 0 Å². The van der Waals surface area contributed by atoms with E-state index in [4.69, 9.17) is 0 Å². The third-order valence-electron chi connectivity index (χ3n) is 6.29. The van der Waals surface area contributed by atoms with Crippen LogP contribution >= 0.6 is 0 Å². The number of nitrogens with one attached hydrogen (secondary N) is 1. The van der Waals surface area contributed by atoms with Gasteiger partial charge in [0.2, 0.25) is 5.91 Å². The second-order valence-corrected chi connectivity index (χ2v) is 9.63. The van der Waals surface area contributed by atoms with E-state index in [1.807, 2.05) is 35.2 Å². The van der Waals surface area contributed by atoms with Crippen LogP contribution in [0.2, 0.25) is 0 Å². The summed E-state index contributed by atoms with van der Waals surface area (Å²) in [5.74, 6) is 0.125. The van der Waals surface area contributed by atoms with Crippen molar-refractivity contribution in [3.8, 4) is 11.1 Å². The van der Waals surface area contributed by atoms with Gasteiger partial charge >= 0.3 is 0 Å². The minimum absolute atomic E-state index is 0.00509. The fourth-order valence-corrected chi connectivity index (χ4v) is 5.32. The van der Waals surface area contributed by atoms with Gasteiger partial charge < -0.3 is 4.90 Å². The molecule has 4 atom stereocenters. The molecule has 1 aliphatic carbocycles. The molecule has 2 aromatic carbocycles. The van der Waals surface area contributed by atoms with Crippen molar-refractivity contribution in [1.82, 2.24) is 9.62 Å².